The molecule has 0 fully saturated rings. The lowest BCUT2D eigenvalue weighted by Crippen LogP contribution is -2.30. The molecule has 0 aliphatic rings. The third-order valence-corrected chi connectivity index (χ3v) is 4.96. The molecule has 8 heteroatoms. The van der Waals surface area contributed by atoms with E-state index in [4.69, 9.17) is 22.1 Å². The van der Waals surface area contributed by atoms with Gasteiger partial charge in [0.05, 0.1) is 25.1 Å². The summed E-state index contributed by atoms with van der Waals surface area (Å²) in [5.41, 5.74) is 6.75. The second kappa shape index (κ2) is 10.2. The predicted molar refractivity (Wildman–Crippen MR) is 109 cm³/mol. The van der Waals surface area contributed by atoms with Gasteiger partial charge in [-0.3, -0.25) is 14.5 Å². The summed E-state index contributed by atoms with van der Waals surface area (Å²) < 4.78 is 5.34. The quantitative estimate of drug-likeness (QED) is 0.624. The number of para-hydroxylation sites is 1. The van der Waals surface area contributed by atoms with E-state index in [9.17, 15) is 9.59 Å². The van der Waals surface area contributed by atoms with Crippen LogP contribution in [0.2, 0.25) is 5.02 Å². The number of nitrogens with two attached hydrogens (primary N) is 1. The van der Waals surface area contributed by atoms with Gasteiger partial charge in [0.1, 0.15) is 5.75 Å². The predicted octanol–water partition coefficient (Wildman–Crippen LogP) is 3.00. The van der Waals surface area contributed by atoms with Gasteiger partial charge in [-0.25, -0.2) is 0 Å². The van der Waals surface area contributed by atoms with Gasteiger partial charge in [0.2, 0.25) is 11.8 Å². The van der Waals surface area contributed by atoms with Gasteiger partial charge in [-0.2, -0.15) is 0 Å². The Morgan fingerprint density at radius 3 is 2.70 bits per heavy atom. The van der Waals surface area contributed by atoms with Gasteiger partial charge in [-0.15, -0.1) is 11.8 Å². The largest absolute Gasteiger partial charge is 0.496 e. The summed E-state index contributed by atoms with van der Waals surface area (Å²) in [5, 5.41) is 3.49. The van der Waals surface area contributed by atoms with Gasteiger partial charge in [0.15, 0.2) is 0 Å². The van der Waals surface area contributed by atoms with Crippen LogP contribution >= 0.6 is 23.4 Å². The number of ether oxygens (including phenoxy) is 1. The Bertz CT molecular complexity index is 817. The second-order valence-corrected chi connectivity index (χ2v) is 7.38. The van der Waals surface area contributed by atoms with Crippen molar-refractivity contribution in [1.82, 2.24) is 4.90 Å². The fraction of sp³-hybridized carbons (Fsp3) is 0.263. The Hall–Kier alpha value is -2.22. The van der Waals surface area contributed by atoms with E-state index in [1.54, 1.807) is 25.3 Å². The topological polar surface area (TPSA) is 84.7 Å². The van der Waals surface area contributed by atoms with Crippen molar-refractivity contribution in [2.45, 2.75) is 11.4 Å². The Morgan fingerprint density at radius 2 is 2.00 bits per heavy atom. The first-order chi connectivity index (χ1) is 12.9. The number of thioether (sulfide) groups is 1. The van der Waals surface area contributed by atoms with Gasteiger partial charge in [-0.1, -0.05) is 23.7 Å². The van der Waals surface area contributed by atoms with Crippen molar-refractivity contribution in [3.63, 3.8) is 0 Å². The van der Waals surface area contributed by atoms with Crippen LogP contribution in [0.3, 0.4) is 0 Å². The van der Waals surface area contributed by atoms with Gasteiger partial charge in [0, 0.05) is 22.0 Å². The molecule has 6 nitrogen and oxygen atoms in total. The van der Waals surface area contributed by atoms with E-state index >= 15 is 0 Å². The molecule has 0 radical (unpaired) electrons. The summed E-state index contributed by atoms with van der Waals surface area (Å²) in [4.78, 5) is 26.1. The molecule has 2 rings (SSSR count). The van der Waals surface area contributed by atoms with Gasteiger partial charge < -0.3 is 15.8 Å². The monoisotopic (exact) mass is 407 g/mol. The summed E-state index contributed by atoms with van der Waals surface area (Å²) in [6, 6.07) is 12.7. The molecule has 2 amide bonds. The van der Waals surface area contributed by atoms with Crippen molar-refractivity contribution < 1.29 is 14.3 Å². The molecule has 2 aromatic rings. The molecular formula is C19H22ClN3O3S. The first-order valence-electron chi connectivity index (χ1n) is 8.20. The van der Waals surface area contributed by atoms with Crippen LogP contribution in [0.25, 0.3) is 0 Å². The smallest absolute Gasteiger partial charge is 0.238 e. The Labute approximate surface area is 168 Å². The molecule has 0 heterocycles. The molecule has 3 N–H and O–H groups in total. The number of carbonyl (C=O) groups excluding carboxylic acids is 2. The summed E-state index contributed by atoms with van der Waals surface area (Å²) in [6.45, 7) is 0.694. The zero-order valence-electron chi connectivity index (χ0n) is 15.2. The first kappa shape index (κ1) is 21.1. The van der Waals surface area contributed by atoms with Gasteiger partial charge in [-0.05, 0) is 37.4 Å². The van der Waals surface area contributed by atoms with Crippen molar-refractivity contribution in [1.29, 1.82) is 0 Å². The number of likely N-dealkylation sites (N-methyl/N-ethyl adjacent to an activating group) is 1. The molecule has 144 valence electrons. The number of halogens is 1. The molecule has 0 aromatic heterocycles. The highest BCUT2D eigenvalue weighted by molar-refractivity contribution is 8.00. The SMILES string of the molecule is COc1ccc(Cl)cc1CN(C)CC(=O)Nc1ccccc1SCC(N)=O. The van der Waals surface area contributed by atoms with E-state index in [2.05, 4.69) is 5.32 Å². The standard InChI is InChI=1S/C19H22ClN3O3S/c1-23(10-13-9-14(20)7-8-16(13)26-2)11-19(25)22-15-5-3-4-6-17(15)27-12-18(21)24/h3-9H,10-12H2,1-2H3,(H2,21,24)(H,22,25). The summed E-state index contributed by atoms with van der Waals surface area (Å²) >= 11 is 7.34. The summed E-state index contributed by atoms with van der Waals surface area (Å²) in [6.07, 6.45) is 0. The molecule has 0 spiro atoms. The minimum atomic E-state index is -0.406. The molecular weight excluding hydrogens is 386 g/mol. The number of amides is 2. The average Bonchev–Trinajstić information content (AvgIpc) is 2.61. The van der Waals surface area contributed by atoms with Crippen molar-refractivity contribution in [3.8, 4) is 5.75 Å². The lowest BCUT2D eigenvalue weighted by atomic mass is 10.2. The highest BCUT2D eigenvalue weighted by Gasteiger charge is 2.13. The lowest BCUT2D eigenvalue weighted by molar-refractivity contribution is -0.117. The van der Waals surface area contributed by atoms with Crippen molar-refractivity contribution in [2.24, 2.45) is 5.73 Å². The van der Waals surface area contributed by atoms with Gasteiger partial charge in [0.25, 0.3) is 0 Å². The number of benzene rings is 2. The second-order valence-electron chi connectivity index (χ2n) is 5.93. The van der Waals surface area contributed by atoms with E-state index in [0.717, 1.165) is 16.2 Å². The molecule has 27 heavy (non-hydrogen) atoms. The van der Waals surface area contributed by atoms with Crippen LogP contribution in [0.4, 0.5) is 5.69 Å². The number of hydrogen-bond donors (Lipinski definition) is 2. The number of anilines is 1. The first-order valence-corrected chi connectivity index (χ1v) is 9.56. The molecule has 0 unspecified atom stereocenters. The molecule has 0 saturated heterocycles. The minimum Gasteiger partial charge on any atom is -0.496 e. The van der Waals surface area contributed by atoms with Gasteiger partial charge >= 0.3 is 0 Å². The van der Waals surface area contributed by atoms with Crippen LogP contribution < -0.4 is 15.8 Å². The maximum absolute atomic E-state index is 12.4. The molecule has 2 aromatic carbocycles. The number of carbonyl (C=O) groups is 2. The van der Waals surface area contributed by atoms with Crippen LogP contribution in [0.15, 0.2) is 47.4 Å². The number of primary amides is 1. The highest BCUT2D eigenvalue weighted by Crippen LogP contribution is 2.27. The van der Waals surface area contributed by atoms with E-state index in [0.29, 0.717) is 17.3 Å². The number of nitrogens with one attached hydrogen (secondary N) is 1. The average molecular weight is 408 g/mol. The Balaban J connectivity index is 1.98. The number of nitrogens with zero attached hydrogens (tertiary/aromatic N) is 1. The molecule has 0 saturated carbocycles. The zero-order valence-corrected chi connectivity index (χ0v) is 16.8. The molecule has 0 bridgehead atoms. The third kappa shape index (κ3) is 6.78. The van der Waals surface area contributed by atoms with E-state index in [1.807, 2.05) is 36.2 Å². The Kier molecular flexibility index (Phi) is 7.97. The number of rotatable bonds is 9. The third-order valence-electron chi connectivity index (χ3n) is 3.63. The van der Waals surface area contributed by atoms with Crippen molar-refractivity contribution in [2.75, 3.05) is 31.8 Å². The summed E-state index contributed by atoms with van der Waals surface area (Å²) in [7, 11) is 3.44. The molecule has 0 aliphatic heterocycles. The van der Waals surface area contributed by atoms with Crippen LogP contribution in [-0.4, -0.2) is 43.2 Å². The van der Waals surface area contributed by atoms with E-state index < -0.39 is 5.91 Å². The minimum absolute atomic E-state index is 0.154. The number of hydrogen-bond acceptors (Lipinski definition) is 5. The van der Waals surface area contributed by atoms with Crippen LogP contribution in [-0.2, 0) is 16.1 Å². The number of methoxy groups -OCH3 is 1. The fourth-order valence-electron chi connectivity index (χ4n) is 2.50. The van der Waals surface area contributed by atoms with Crippen LogP contribution in [0.1, 0.15) is 5.56 Å². The van der Waals surface area contributed by atoms with Crippen LogP contribution in [0.5, 0.6) is 5.75 Å². The molecule has 0 atom stereocenters. The van der Waals surface area contributed by atoms with E-state index in [1.165, 1.54) is 11.8 Å². The Morgan fingerprint density at radius 1 is 1.26 bits per heavy atom. The fourth-order valence-corrected chi connectivity index (χ4v) is 3.44. The molecule has 0 aliphatic carbocycles. The van der Waals surface area contributed by atoms with Crippen molar-refractivity contribution in [3.05, 3.63) is 53.1 Å². The maximum atomic E-state index is 12.4. The maximum Gasteiger partial charge on any atom is 0.238 e. The normalized spacial score (nSPS) is 10.7. The lowest BCUT2D eigenvalue weighted by Gasteiger charge is -2.19. The highest BCUT2D eigenvalue weighted by atomic mass is 35.5. The van der Waals surface area contributed by atoms with Crippen LogP contribution in [0, 0.1) is 0 Å². The van der Waals surface area contributed by atoms with Crippen molar-refractivity contribution >= 4 is 40.9 Å². The zero-order chi connectivity index (χ0) is 19.8. The van der Waals surface area contributed by atoms with E-state index in [-0.39, 0.29) is 18.2 Å². The summed E-state index contributed by atoms with van der Waals surface area (Å²) in [5.74, 6) is 0.309.